The second-order valence-corrected chi connectivity index (χ2v) is 8.58. The van der Waals surface area contributed by atoms with E-state index in [4.69, 9.17) is 23.4 Å². The third kappa shape index (κ3) is 2.97. The van der Waals surface area contributed by atoms with Crippen LogP contribution < -0.4 is 14.9 Å². The fraction of sp³-hybridized carbons (Fsp3) is 0.320. The number of carbonyl (C=O) groups is 2. The number of rotatable bonds is 3. The zero-order chi connectivity index (χ0) is 23.5. The minimum absolute atomic E-state index is 0.0350. The molecule has 1 aromatic heterocycles. The van der Waals surface area contributed by atoms with Crippen molar-refractivity contribution in [2.45, 2.75) is 38.1 Å². The Morgan fingerprint density at radius 2 is 1.85 bits per heavy atom. The van der Waals surface area contributed by atoms with E-state index >= 15 is 0 Å². The molecule has 0 aliphatic carbocycles. The third-order valence-electron chi connectivity index (χ3n) is 6.05. The Balaban J connectivity index is 1.92. The molecule has 2 aliphatic rings. The van der Waals surface area contributed by atoms with Crippen LogP contribution in [-0.4, -0.2) is 37.2 Å². The van der Waals surface area contributed by atoms with Gasteiger partial charge in [0.2, 0.25) is 11.4 Å². The van der Waals surface area contributed by atoms with E-state index in [1.165, 1.54) is 26.2 Å². The number of benzene rings is 2. The molecule has 170 valence electrons. The van der Waals surface area contributed by atoms with Crippen molar-refractivity contribution in [3.63, 3.8) is 0 Å². The van der Waals surface area contributed by atoms with Gasteiger partial charge in [0.25, 0.3) is 0 Å². The van der Waals surface area contributed by atoms with Gasteiger partial charge in [-0.25, -0.2) is 0 Å². The van der Waals surface area contributed by atoms with E-state index in [9.17, 15) is 14.4 Å². The largest absolute Gasteiger partial charge is 0.496 e. The van der Waals surface area contributed by atoms with Crippen LogP contribution in [-0.2, 0) is 24.7 Å². The second kappa shape index (κ2) is 7.18. The maximum absolute atomic E-state index is 13.7. The SMILES string of the molecule is COc1cc2c(c3oc(-c4ccccc4)cc(=O)c13)[C@@]1(OC(C)=O)C(=O)C(C)(C)O[C@H]1CO2. The first kappa shape index (κ1) is 21.2. The van der Waals surface area contributed by atoms with Crippen LogP contribution in [0.25, 0.3) is 22.3 Å². The van der Waals surface area contributed by atoms with Crippen LogP contribution in [0.5, 0.6) is 11.5 Å². The van der Waals surface area contributed by atoms with E-state index in [1.807, 2.05) is 18.2 Å². The van der Waals surface area contributed by atoms with Gasteiger partial charge in [-0.05, 0) is 13.8 Å². The summed E-state index contributed by atoms with van der Waals surface area (Å²) in [4.78, 5) is 39.2. The third-order valence-corrected chi connectivity index (χ3v) is 6.05. The molecule has 0 amide bonds. The number of ketones is 1. The van der Waals surface area contributed by atoms with E-state index in [-0.39, 0.29) is 45.8 Å². The number of methoxy groups -OCH3 is 1. The fourth-order valence-electron chi connectivity index (χ4n) is 4.72. The van der Waals surface area contributed by atoms with Gasteiger partial charge in [0.05, 0.1) is 12.7 Å². The number of esters is 1. The van der Waals surface area contributed by atoms with Crippen LogP contribution in [0.15, 0.2) is 51.7 Å². The van der Waals surface area contributed by atoms with Gasteiger partial charge in [0.1, 0.15) is 41.0 Å². The molecule has 0 unspecified atom stereocenters. The highest BCUT2D eigenvalue weighted by Gasteiger charge is 2.67. The van der Waals surface area contributed by atoms with Crippen LogP contribution in [0.1, 0.15) is 26.3 Å². The van der Waals surface area contributed by atoms with Crippen molar-refractivity contribution in [2.24, 2.45) is 0 Å². The minimum Gasteiger partial charge on any atom is -0.496 e. The molecule has 3 heterocycles. The molecule has 5 rings (SSSR count). The number of Topliss-reactive ketones (excluding diaryl/α,β-unsaturated/α-hetero) is 1. The van der Waals surface area contributed by atoms with Crippen molar-refractivity contribution in [1.82, 2.24) is 0 Å². The predicted octanol–water partition coefficient (Wildman–Crippen LogP) is 3.37. The first-order valence-electron chi connectivity index (χ1n) is 10.5. The average Bonchev–Trinajstić information content (AvgIpc) is 2.98. The van der Waals surface area contributed by atoms with Crippen molar-refractivity contribution in [3.05, 3.63) is 58.3 Å². The van der Waals surface area contributed by atoms with Crippen molar-refractivity contribution in [2.75, 3.05) is 13.7 Å². The summed E-state index contributed by atoms with van der Waals surface area (Å²) in [6, 6.07) is 11.9. The van der Waals surface area contributed by atoms with Gasteiger partial charge in [-0.1, -0.05) is 30.3 Å². The molecular weight excluding hydrogens is 428 g/mol. The monoisotopic (exact) mass is 450 g/mol. The topological polar surface area (TPSA) is 101 Å². The summed E-state index contributed by atoms with van der Waals surface area (Å²) in [5.74, 6) is -0.402. The fourth-order valence-corrected chi connectivity index (χ4v) is 4.72. The van der Waals surface area contributed by atoms with E-state index in [1.54, 1.807) is 26.0 Å². The van der Waals surface area contributed by atoms with Crippen molar-refractivity contribution in [3.8, 4) is 22.8 Å². The van der Waals surface area contributed by atoms with Crippen LogP contribution in [0.4, 0.5) is 0 Å². The predicted molar refractivity (Wildman–Crippen MR) is 117 cm³/mol. The molecule has 0 radical (unpaired) electrons. The molecule has 0 spiro atoms. The average molecular weight is 450 g/mol. The van der Waals surface area contributed by atoms with Gasteiger partial charge in [0, 0.05) is 24.6 Å². The van der Waals surface area contributed by atoms with Crippen molar-refractivity contribution in [1.29, 1.82) is 0 Å². The van der Waals surface area contributed by atoms with Crippen LogP contribution >= 0.6 is 0 Å². The van der Waals surface area contributed by atoms with Crippen LogP contribution in [0, 0.1) is 0 Å². The molecule has 0 bridgehead atoms. The molecule has 1 fully saturated rings. The number of ether oxygens (including phenoxy) is 4. The Kier molecular flexibility index (Phi) is 4.61. The number of fused-ring (bicyclic) bond motifs is 5. The second-order valence-electron chi connectivity index (χ2n) is 8.58. The normalized spacial score (nSPS) is 22.9. The molecule has 8 nitrogen and oxygen atoms in total. The molecule has 2 aromatic carbocycles. The molecule has 0 saturated carbocycles. The first-order valence-corrected chi connectivity index (χ1v) is 10.5. The molecule has 2 atom stereocenters. The van der Waals surface area contributed by atoms with E-state index in [0.717, 1.165) is 0 Å². The quantitative estimate of drug-likeness (QED) is 0.560. The molecule has 2 aliphatic heterocycles. The Morgan fingerprint density at radius 1 is 1.12 bits per heavy atom. The van der Waals surface area contributed by atoms with Gasteiger partial charge in [-0.2, -0.15) is 0 Å². The summed E-state index contributed by atoms with van der Waals surface area (Å²) in [5.41, 5.74) is -2.60. The molecule has 8 heteroatoms. The van der Waals surface area contributed by atoms with Crippen molar-refractivity contribution < 1.29 is 33.0 Å². The van der Waals surface area contributed by atoms with E-state index in [0.29, 0.717) is 5.56 Å². The lowest BCUT2D eigenvalue weighted by Crippen LogP contribution is -2.51. The summed E-state index contributed by atoms with van der Waals surface area (Å²) in [6.45, 7) is 4.40. The summed E-state index contributed by atoms with van der Waals surface area (Å²) in [5, 5.41) is 0.115. The summed E-state index contributed by atoms with van der Waals surface area (Å²) in [6.07, 6.45) is -0.918. The lowest BCUT2D eigenvalue weighted by Gasteiger charge is -2.37. The van der Waals surface area contributed by atoms with Crippen LogP contribution in [0.3, 0.4) is 0 Å². The summed E-state index contributed by atoms with van der Waals surface area (Å²) < 4.78 is 29.3. The maximum atomic E-state index is 13.7. The Hall–Kier alpha value is -3.65. The number of carbonyl (C=O) groups excluding carboxylic acids is 2. The van der Waals surface area contributed by atoms with Gasteiger partial charge in [-0.15, -0.1) is 0 Å². The number of hydrogen-bond donors (Lipinski definition) is 0. The zero-order valence-electron chi connectivity index (χ0n) is 18.6. The molecule has 1 saturated heterocycles. The van der Waals surface area contributed by atoms with E-state index < -0.39 is 29.1 Å². The number of hydrogen-bond acceptors (Lipinski definition) is 8. The van der Waals surface area contributed by atoms with Gasteiger partial charge < -0.3 is 23.4 Å². The van der Waals surface area contributed by atoms with Crippen LogP contribution in [0.2, 0.25) is 0 Å². The van der Waals surface area contributed by atoms with E-state index in [2.05, 4.69) is 0 Å². The summed E-state index contributed by atoms with van der Waals surface area (Å²) >= 11 is 0. The summed E-state index contributed by atoms with van der Waals surface area (Å²) in [7, 11) is 1.42. The van der Waals surface area contributed by atoms with Gasteiger partial charge >= 0.3 is 5.97 Å². The Labute approximate surface area is 189 Å². The molecule has 33 heavy (non-hydrogen) atoms. The smallest absolute Gasteiger partial charge is 0.304 e. The maximum Gasteiger partial charge on any atom is 0.304 e. The minimum atomic E-state index is -1.83. The zero-order valence-corrected chi connectivity index (χ0v) is 18.6. The lowest BCUT2D eigenvalue weighted by molar-refractivity contribution is -0.174. The van der Waals surface area contributed by atoms with Crippen molar-refractivity contribution >= 4 is 22.7 Å². The van der Waals surface area contributed by atoms with Gasteiger partial charge in [0.15, 0.2) is 11.0 Å². The lowest BCUT2D eigenvalue weighted by atomic mass is 9.79. The molecule has 3 aromatic rings. The highest BCUT2D eigenvalue weighted by Crippen LogP contribution is 2.53. The highest BCUT2D eigenvalue weighted by molar-refractivity contribution is 6.04. The molecule has 0 N–H and O–H groups in total. The molecular formula is C25H22O8. The van der Waals surface area contributed by atoms with Gasteiger partial charge in [-0.3, -0.25) is 14.4 Å². The Bertz CT molecular complexity index is 1350. The standard InChI is InChI=1S/C25H22O8/c1-13(26)32-25-19(33-24(2,3)23(25)28)12-30-18-11-17(29-4)20-15(27)10-16(31-22(20)21(18)25)14-8-6-5-7-9-14/h5-11,19H,12H2,1-4H3/t19-,25+/m0/s1. The highest BCUT2D eigenvalue weighted by atomic mass is 16.6. The Morgan fingerprint density at radius 3 is 2.52 bits per heavy atom. The first-order chi connectivity index (χ1) is 15.7.